The van der Waals surface area contributed by atoms with Crippen molar-refractivity contribution in [1.29, 1.82) is 0 Å². The average molecular weight is 702 g/mol. The maximum atomic E-state index is 15.1. The summed E-state index contributed by atoms with van der Waals surface area (Å²) < 4.78 is 83.5. The fourth-order valence-electron chi connectivity index (χ4n) is 5.04. The van der Waals surface area contributed by atoms with Crippen LogP contribution in [0.2, 0.25) is 0 Å². The second-order valence-electron chi connectivity index (χ2n) is 11.2. The third kappa shape index (κ3) is 7.46. The van der Waals surface area contributed by atoms with E-state index in [4.69, 9.17) is 0 Å². The van der Waals surface area contributed by atoms with E-state index in [-0.39, 0.29) is 51.4 Å². The van der Waals surface area contributed by atoms with Crippen molar-refractivity contribution in [2.24, 2.45) is 0 Å². The Kier molecular flexibility index (Phi) is 10.3. The third-order valence-electron chi connectivity index (χ3n) is 7.46. The van der Waals surface area contributed by atoms with Crippen LogP contribution < -0.4 is 20.6 Å². The molecule has 3 aromatic carbocycles. The van der Waals surface area contributed by atoms with Crippen molar-refractivity contribution in [2.45, 2.75) is 26.1 Å². The van der Waals surface area contributed by atoms with E-state index in [9.17, 15) is 31.9 Å². The summed E-state index contributed by atoms with van der Waals surface area (Å²) >= 11 is 0. The first-order valence-corrected chi connectivity index (χ1v) is 15.0. The monoisotopic (exact) mass is 701 g/mol. The molecule has 0 bridgehead atoms. The number of nitrogens with one attached hydrogen (secondary N) is 2. The van der Waals surface area contributed by atoms with E-state index >= 15 is 8.78 Å². The number of fused-ring (bicyclic) bond motifs is 1. The number of urea groups is 1. The molecule has 0 saturated carbocycles. The number of aryl methyl sites for hydroxylation is 1. The summed E-state index contributed by atoms with van der Waals surface area (Å²) in [7, 11) is 3.65. The Hall–Kier alpha value is -5.71. The Bertz CT molecular complexity index is 1920. The number of hydrogen-bond acceptors (Lipinski definition) is 8. The minimum Gasteiger partial charge on any atom is -0.353 e. The van der Waals surface area contributed by atoms with Gasteiger partial charge in [-0.25, -0.2) is 32.6 Å². The first-order valence-electron chi connectivity index (χ1n) is 15.0. The van der Waals surface area contributed by atoms with Crippen molar-refractivity contribution in [3.8, 4) is 11.3 Å². The van der Waals surface area contributed by atoms with Gasteiger partial charge in [-0.2, -0.15) is 18.2 Å². The number of amides is 3. The average Bonchev–Trinajstić information content (AvgIpc) is 3.07. The van der Waals surface area contributed by atoms with Gasteiger partial charge in [0.15, 0.2) is 5.82 Å². The van der Waals surface area contributed by atoms with E-state index in [0.717, 1.165) is 47.4 Å². The van der Waals surface area contributed by atoms with E-state index in [1.807, 2.05) is 19.0 Å². The fourth-order valence-corrected chi connectivity index (χ4v) is 5.04. The lowest BCUT2D eigenvalue weighted by Crippen LogP contribution is -2.43. The number of aromatic nitrogens is 2. The molecule has 0 spiro atoms. The SMILES string of the molecule is CCc1ccc(C(=O)N(OC(=O)C(F)(F)F)c2ccc(F)cc2)cc1-c1nc(NCCN(C)C)nc2c1CNC(=O)N2c1c(F)cccc1F. The molecular formula is C33H29F6N7O4. The molecule has 0 aliphatic carbocycles. The zero-order valence-corrected chi connectivity index (χ0v) is 26.7. The minimum absolute atomic E-state index is 0.0390. The molecule has 2 N–H and O–H groups in total. The normalized spacial score (nSPS) is 12.8. The molecule has 4 aromatic rings. The first kappa shape index (κ1) is 35.6. The lowest BCUT2D eigenvalue weighted by Gasteiger charge is -2.31. The van der Waals surface area contributed by atoms with Crippen LogP contribution in [0.1, 0.15) is 28.4 Å². The van der Waals surface area contributed by atoms with Crippen LogP contribution in [0.4, 0.5) is 54.3 Å². The predicted octanol–water partition coefficient (Wildman–Crippen LogP) is 6.13. The number of carbonyl (C=O) groups excluding carboxylic acids is 3. The number of hydrogen-bond donors (Lipinski definition) is 2. The molecule has 0 atom stereocenters. The van der Waals surface area contributed by atoms with Gasteiger partial charge in [-0.05, 0) is 74.6 Å². The molecule has 50 heavy (non-hydrogen) atoms. The van der Waals surface area contributed by atoms with Crippen LogP contribution in [0.15, 0.2) is 60.7 Å². The third-order valence-corrected chi connectivity index (χ3v) is 7.46. The summed E-state index contributed by atoms with van der Waals surface area (Å²) in [5.74, 6) is -7.00. The quantitative estimate of drug-likeness (QED) is 0.158. The van der Waals surface area contributed by atoms with Crippen LogP contribution in [-0.2, 0) is 22.6 Å². The summed E-state index contributed by atoms with van der Waals surface area (Å²) in [6.45, 7) is 2.40. The van der Waals surface area contributed by atoms with Crippen molar-refractivity contribution in [2.75, 3.05) is 42.5 Å². The molecule has 5 rings (SSSR count). The summed E-state index contributed by atoms with van der Waals surface area (Å²) in [4.78, 5) is 55.0. The summed E-state index contributed by atoms with van der Waals surface area (Å²) in [5.41, 5.74) is -0.215. The molecule has 0 saturated heterocycles. The van der Waals surface area contributed by atoms with Crippen LogP contribution in [0.3, 0.4) is 0 Å². The van der Waals surface area contributed by atoms with Gasteiger partial charge in [-0.3, -0.25) is 4.79 Å². The smallest absolute Gasteiger partial charge is 0.353 e. The molecule has 3 amide bonds. The fraction of sp³-hybridized carbons (Fsp3) is 0.242. The van der Waals surface area contributed by atoms with Crippen LogP contribution in [0, 0.1) is 17.5 Å². The molecule has 1 aliphatic heterocycles. The second-order valence-corrected chi connectivity index (χ2v) is 11.2. The summed E-state index contributed by atoms with van der Waals surface area (Å²) in [5, 5.41) is 5.68. The maximum absolute atomic E-state index is 15.1. The highest BCUT2D eigenvalue weighted by Gasteiger charge is 2.44. The minimum atomic E-state index is -5.47. The highest BCUT2D eigenvalue weighted by atomic mass is 19.4. The highest BCUT2D eigenvalue weighted by molar-refractivity contribution is 6.07. The lowest BCUT2D eigenvalue weighted by molar-refractivity contribution is -0.199. The van der Waals surface area contributed by atoms with Crippen molar-refractivity contribution < 1.29 is 45.6 Å². The van der Waals surface area contributed by atoms with Gasteiger partial charge in [0, 0.05) is 29.8 Å². The molecule has 0 radical (unpaired) electrons. The van der Waals surface area contributed by atoms with Crippen LogP contribution in [0.5, 0.6) is 0 Å². The van der Waals surface area contributed by atoms with Gasteiger partial charge in [0.25, 0.3) is 5.91 Å². The molecule has 17 heteroatoms. The Morgan fingerprint density at radius 3 is 2.30 bits per heavy atom. The number of anilines is 4. The standard InChI is InChI=1S/C33H29F6N7O4/c1-4-18-8-9-19(29(47)46(50-30(48)33(37,38)39)21-12-10-20(34)11-13-21)16-22(18)26-23-17-41-32(49)45(27-24(35)6-5-7-25(27)36)28(23)43-31(42-26)40-14-15-44(2)3/h5-13,16H,4,14-15,17H2,1-3H3,(H,41,49)(H,40,42,43). The van der Waals surface area contributed by atoms with E-state index in [2.05, 4.69) is 25.4 Å². The van der Waals surface area contributed by atoms with Crippen molar-refractivity contribution >= 4 is 41.0 Å². The van der Waals surface area contributed by atoms with Crippen molar-refractivity contribution in [3.63, 3.8) is 0 Å². The largest absolute Gasteiger partial charge is 0.493 e. The molecule has 0 fully saturated rings. The number of hydroxylamine groups is 1. The van der Waals surface area contributed by atoms with Crippen molar-refractivity contribution in [3.05, 3.63) is 94.8 Å². The molecule has 2 heterocycles. The zero-order chi connectivity index (χ0) is 36.3. The maximum Gasteiger partial charge on any atom is 0.493 e. The number of para-hydroxylation sites is 1. The van der Waals surface area contributed by atoms with Crippen molar-refractivity contribution in [1.82, 2.24) is 20.2 Å². The van der Waals surface area contributed by atoms with E-state index in [1.54, 1.807) is 6.92 Å². The van der Waals surface area contributed by atoms with Gasteiger partial charge in [0.2, 0.25) is 5.95 Å². The number of benzene rings is 3. The Labute approximate surface area is 281 Å². The number of carbonyl (C=O) groups is 3. The van der Waals surface area contributed by atoms with Gasteiger partial charge < -0.3 is 20.4 Å². The molecular weight excluding hydrogens is 672 g/mol. The Morgan fingerprint density at radius 1 is 1.00 bits per heavy atom. The van der Waals surface area contributed by atoms with Crippen LogP contribution >= 0.6 is 0 Å². The lowest BCUT2D eigenvalue weighted by atomic mass is 9.95. The topological polar surface area (TPSA) is 120 Å². The van der Waals surface area contributed by atoms with Crippen LogP contribution in [0.25, 0.3) is 11.3 Å². The highest BCUT2D eigenvalue weighted by Crippen LogP contribution is 2.39. The number of rotatable bonds is 9. The van der Waals surface area contributed by atoms with Gasteiger partial charge in [-0.1, -0.05) is 19.1 Å². The first-order chi connectivity index (χ1) is 23.7. The molecule has 0 unspecified atom stereocenters. The van der Waals surface area contributed by atoms with Gasteiger partial charge in [0.1, 0.15) is 23.1 Å². The van der Waals surface area contributed by atoms with Gasteiger partial charge in [-0.15, -0.1) is 5.06 Å². The molecule has 1 aliphatic rings. The second kappa shape index (κ2) is 14.4. The number of likely N-dealkylation sites (N-methyl/N-ethyl adjacent to an activating group) is 1. The van der Waals surface area contributed by atoms with Gasteiger partial charge in [0.05, 0.1) is 17.9 Å². The Balaban J connectivity index is 1.69. The van der Waals surface area contributed by atoms with E-state index < -0.39 is 47.2 Å². The number of halogens is 6. The van der Waals surface area contributed by atoms with E-state index in [1.165, 1.54) is 18.2 Å². The van der Waals surface area contributed by atoms with Crippen LogP contribution in [-0.4, -0.2) is 66.1 Å². The van der Waals surface area contributed by atoms with E-state index in [0.29, 0.717) is 25.1 Å². The summed E-state index contributed by atoms with van der Waals surface area (Å²) in [6, 6.07) is 9.89. The molecule has 262 valence electrons. The van der Waals surface area contributed by atoms with Gasteiger partial charge >= 0.3 is 18.2 Å². The molecule has 1 aromatic heterocycles. The summed E-state index contributed by atoms with van der Waals surface area (Å²) in [6.07, 6.45) is -5.13. The predicted molar refractivity (Wildman–Crippen MR) is 170 cm³/mol. The Morgan fingerprint density at radius 2 is 1.68 bits per heavy atom. The number of nitrogens with zero attached hydrogens (tertiary/aromatic N) is 5. The molecule has 11 nitrogen and oxygen atoms in total. The zero-order valence-electron chi connectivity index (χ0n) is 26.7. The number of alkyl halides is 3.